The minimum atomic E-state index is -0.625. The van der Waals surface area contributed by atoms with E-state index >= 15 is 0 Å². The van der Waals surface area contributed by atoms with Crippen LogP contribution in [0.15, 0.2) is 30.1 Å². The normalized spacial score (nSPS) is 14.4. The van der Waals surface area contributed by atoms with Crippen LogP contribution in [0.1, 0.15) is 36.7 Å². The van der Waals surface area contributed by atoms with Gasteiger partial charge in [-0.1, -0.05) is 0 Å². The fourth-order valence-electron chi connectivity index (χ4n) is 2.81. The molecule has 1 N–H and O–H groups in total. The first-order valence-corrected chi connectivity index (χ1v) is 9.52. The molecule has 0 unspecified atom stereocenters. The Morgan fingerprint density at radius 2 is 2.10 bits per heavy atom. The molecule has 1 heterocycles. The van der Waals surface area contributed by atoms with Gasteiger partial charge < -0.3 is 24.4 Å². The number of carbonyl (C=O) groups is 2. The maximum Gasteiger partial charge on any atom is 0.407 e. The van der Waals surface area contributed by atoms with Crippen molar-refractivity contribution in [3.05, 3.63) is 41.2 Å². The number of hydrogen-bond donors (Lipinski definition) is 1. The van der Waals surface area contributed by atoms with Crippen molar-refractivity contribution < 1.29 is 28.2 Å². The summed E-state index contributed by atoms with van der Waals surface area (Å²) in [6, 6.07) is 5.22. The maximum absolute atomic E-state index is 13.1. The van der Waals surface area contributed by atoms with E-state index in [-0.39, 0.29) is 24.6 Å². The number of fused-ring (bicyclic) bond motifs is 1. The smallest absolute Gasteiger partial charge is 0.407 e. The zero-order chi connectivity index (χ0) is 21.4. The zero-order valence-electron chi connectivity index (χ0n) is 17.4. The van der Waals surface area contributed by atoms with Gasteiger partial charge in [0, 0.05) is 37.9 Å². The minimum Gasteiger partial charge on any atom is -0.489 e. The monoisotopic (exact) mass is 408 g/mol. The highest BCUT2D eigenvalue weighted by atomic mass is 19.1. The number of amides is 2. The summed E-state index contributed by atoms with van der Waals surface area (Å²) in [6.45, 7) is 6.87. The summed E-state index contributed by atoms with van der Waals surface area (Å²) in [5, 5.41) is 2.49. The molecule has 1 aliphatic rings. The van der Waals surface area contributed by atoms with Crippen molar-refractivity contribution >= 4 is 12.0 Å². The lowest BCUT2D eigenvalue weighted by atomic mass is 9.98. The number of nitrogens with one attached hydrogen (secondary N) is 1. The average molecular weight is 408 g/mol. The lowest BCUT2D eigenvalue weighted by Crippen LogP contribution is -2.39. The number of halogens is 1. The molecule has 0 spiro atoms. The van der Waals surface area contributed by atoms with Crippen LogP contribution < -0.4 is 10.1 Å². The zero-order valence-corrected chi connectivity index (χ0v) is 17.4. The number of rotatable bonds is 8. The molecular formula is C21H29FN2O5. The largest absolute Gasteiger partial charge is 0.489 e. The second kappa shape index (κ2) is 10.2. The molecule has 160 valence electrons. The van der Waals surface area contributed by atoms with E-state index in [9.17, 15) is 14.0 Å². The predicted molar refractivity (Wildman–Crippen MR) is 107 cm³/mol. The Labute approximate surface area is 170 Å². The highest BCUT2D eigenvalue weighted by Crippen LogP contribution is 2.24. The lowest BCUT2D eigenvalue weighted by Gasteiger charge is -2.28. The molecule has 0 radical (unpaired) electrons. The molecule has 7 nitrogen and oxygen atoms in total. The van der Waals surface area contributed by atoms with Gasteiger partial charge in [0.1, 0.15) is 18.0 Å². The Kier molecular flexibility index (Phi) is 8.01. The first-order valence-electron chi connectivity index (χ1n) is 9.52. The third kappa shape index (κ3) is 7.05. The van der Waals surface area contributed by atoms with Gasteiger partial charge in [-0.15, -0.1) is 0 Å². The van der Waals surface area contributed by atoms with Crippen molar-refractivity contribution in [3.63, 3.8) is 0 Å². The van der Waals surface area contributed by atoms with E-state index < -0.39 is 11.7 Å². The van der Waals surface area contributed by atoms with Crippen molar-refractivity contribution in [1.29, 1.82) is 0 Å². The molecule has 0 saturated carbocycles. The van der Waals surface area contributed by atoms with Crippen LogP contribution in [-0.4, -0.2) is 62.5 Å². The molecule has 8 heteroatoms. The van der Waals surface area contributed by atoms with Gasteiger partial charge in [0.2, 0.25) is 0 Å². The minimum absolute atomic E-state index is 0.0245. The molecule has 0 fully saturated rings. The molecule has 0 bridgehead atoms. The van der Waals surface area contributed by atoms with Gasteiger partial charge in [0.25, 0.3) is 5.91 Å². The molecule has 1 aromatic carbocycles. The molecule has 2 amide bonds. The summed E-state index contributed by atoms with van der Waals surface area (Å²) in [5.41, 5.74) is 1.18. The van der Waals surface area contributed by atoms with Crippen molar-refractivity contribution in [2.75, 3.05) is 40.0 Å². The third-order valence-corrected chi connectivity index (χ3v) is 4.25. The molecule has 1 aliphatic heterocycles. The van der Waals surface area contributed by atoms with Gasteiger partial charge >= 0.3 is 6.09 Å². The van der Waals surface area contributed by atoms with Crippen LogP contribution in [0.5, 0.6) is 5.75 Å². The van der Waals surface area contributed by atoms with Crippen molar-refractivity contribution in [3.8, 4) is 5.75 Å². The fraction of sp³-hybridized carbons (Fsp3) is 0.524. The summed E-state index contributed by atoms with van der Waals surface area (Å²) in [7, 11) is 1.61. The van der Waals surface area contributed by atoms with Gasteiger partial charge in [-0.05, 0) is 51.0 Å². The Morgan fingerprint density at radius 3 is 2.76 bits per heavy atom. The number of methoxy groups -OCH3 is 1. The van der Waals surface area contributed by atoms with Crippen molar-refractivity contribution in [1.82, 2.24) is 10.2 Å². The first kappa shape index (κ1) is 22.7. The van der Waals surface area contributed by atoms with Crippen LogP contribution in [0.25, 0.3) is 0 Å². The van der Waals surface area contributed by atoms with E-state index in [0.29, 0.717) is 43.8 Å². The van der Waals surface area contributed by atoms with Crippen LogP contribution >= 0.6 is 0 Å². The standard InChI is InChI=1S/C21H29FN2O5/c1-21(2,3)29-20(26)23-13-15(12-22)14-28-17-5-6-18-16(11-17)7-8-24(19(18)25)9-10-27-4/h5-6,11-12H,7-10,13-14H2,1-4H3,(H,23,26)/b15-12-. The SMILES string of the molecule is COCCN1CCc2cc(OC/C(=C\F)CNC(=O)OC(C)(C)C)ccc2C1=O. The lowest BCUT2D eigenvalue weighted by molar-refractivity contribution is 0.0531. The van der Waals surface area contributed by atoms with E-state index in [2.05, 4.69) is 5.32 Å². The Hall–Kier alpha value is -2.61. The van der Waals surface area contributed by atoms with E-state index in [1.807, 2.05) is 0 Å². The number of alkyl carbamates (subject to hydrolysis) is 1. The summed E-state index contributed by atoms with van der Waals surface area (Å²) < 4.78 is 28.9. The van der Waals surface area contributed by atoms with E-state index in [4.69, 9.17) is 14.2 Å². The number of carbonyl (C=O) groups excluding carboxylic acids is 2. The Bertz CT molecular complexity index is 758. The molecule has 0 aliphatic carbocycles. The van der Waals surface area contributed by atoms with Gasteiger partial charge in [-0.2, -0.15) is 0 Å². The summed E-state index contributed by atoms with van der Waals surface area (Å²) in [4.78, 5) is 25.9. The fourth-order valence-corrected chi connectivity index (χ4v) is 2.81. The number of hydrogen-bond acceptors (Lipinski definition) is 5. The molecule has 29 heavy (non-hydrogen) atoms. The maximum atomic E-state index is 13.1. The van der Waals surface area contributed by atoms with Gasteiger partial charge in [-0.25, -0.2) is 9.18 Å². The summed E-state index contributed by atoms with van der Waals surface area (Å²) in [6.07, 6.45) is 0.503. The summed E-state index contributed by atoms with van der Waals surface area (Å²) >= 11 is 0. The van der Waals surface area contributed by atoms with Crippen LogP contribution in [-0.2, 0) is 15.9 Å². The van der Waals surface area contributed by atoms with Gasteiger partial charge in [0.15, 0.2) is 0 Å². The van der Waals surface area contributed by atoms with E-state index in [1.165, 1.54) is 0 Å². The quantitative estimate of drug-likeness (QED) is 0.715. The Balaban J connectivity index is 1.89. The highest BCUT2D eigenvalue weighted by Gasteiger charge is 2.24. The van der Waals surface area contributed by atoms with E-state index in [1.54, 1.807) is 51.0 Å². The van der Waals surface area contributed by atoms with Crippen LogP contribution in [0, 0.1) is 0 Å². The highest BCUT2D eigenvalue weighted by molar-refractivity contribution is 5.96. The third-order valence-electron chi connectivity index (χ3n) is 4.25. The number of benzene rings is 1. The number of ether oxygens (including phenoxy) is 3. The topological polar surface area (TPSA) is 77.1 Å². The van der Waals surface area contributed by atoms with Gasteiger partial charge in [-0.3, -0.25) is 4.79 Å². The molecule has 0 aromatic heterocycles. The molecule has 1 aromatic rings. The average Bonchev–Trinajstić information content (AvgIpc) is 2.66. The van der Waals surface area contributed by atoms with Crippen LogP contribution in [0.4, 0.5) is 9.18 Å². The molecule has 0 saturated heterocycles. The predicted octanol–water partition coefficient (Wildman–Crippen LogP) is 3.09. The van der Waals surface area contributed by atoms with Gasteiger partial charge in [0.05, 0.1) is 12.9 Å². The van der Waals surface area contributed by atoms with Crippen molar-refractivity contribution in [2.45, 2.75) is 32.8 Å². The molecule has 0 atom stereocenters. The van der Waals surface area contributed by atoms with Crippen LogP contribution in [0.3, 0.4) is 0 Å². The Morgan fingerprint density at radius 1 is 1.34 bits per heavy atom. The second-order valence-corrected chi connectivity index (χ2v) is 7.77. The van der Waals surface area contributed by atoms with E-state index in [0.717, 1.165) is 5.56 Å². The molecular weight excluding hydrogens is 379 g/mol. The summed E-state index contributed by atoms with van der Waals surface area (Å²) in [5.74, 6) is 0.513. The molecule has 2 rings (SSSR count). The van der Waals surface area contributed by atoms with Crippen LogP contribution in [0.2, 0.25) is 0 Å². The number of nitrogens with zero attached hydrogens (tertiary/aromatic N) is 1. The van der Waals surface area contributed by atoms with Crippen molar-refractivity contribution in [2.24, 2.45) is 0 Å². The first-order chi connectivity index (χ1) is 13.7. The second-order valence-electron chi connectivity index (χ2n) is 7.77.